The number of methoxy groups -OCH3 is 1. The van der Waals surface area contributed by atoms with Gasteiger partial charge in [0.2, 0.25) is 0 Å². The third-order valence-electron chi connectivity index (χ3n) is 3.03. The molecule has 0 amide bonds. The maximum absolute atomic E-state index is 5.55. The van der Waals surface area contributed by atoms with Gasteiger partial charge in [-0.3, -0.25) is 0 Å². The molecular formula is C15H24BrNO2. The lowest BCUT2D eigenvalue weighted by Gasteiger charge is -2.16. The van der Waals surface area contributed by atoms with Gasteiger partial charge in [0, 0.05) is 18.2 Å². The Balaban J connectivity index is 2.33. The van der Waals surface area contributed by atoms with Crippen molar-refractivity contribution in [2.45, 2.75) is 12.8 Å². The van der Waals surface area contributed by atoms with E-state index >= 15 is 0 Å². The summed E-state index contributed by atoms with van der Waals surface area (Å²) >= 11 is 3.46. The number of ether oxygens (including phenoxy) is 2. The molecule has 0 bridgehead atoms. The van der Waals surface area contributed by atoms with E-state index in [1.807, 2.05) is 7.05 Å². The molecule has 1 unspecified atom stereocenters. The predicted molar refractivity (Wildman–Crippen MR) is 82.6 cm³/mol. The molecule has 0 radical (unpaired) electrons. The van der Waals surface area contributed by atoms with Gasteiger partial charge in [0.1, 0.15) is 0 Å². The van der Waals surface area contributed by atoms with Gasteiger partial charge < -0.3 is 14.8 Å². The molecule has 0 spiro atoms. The van der Waals surface area contributed by atoms with E-state index in [9.17, 15) is 0 Å². The van der Waals surface area contributed by atoms with Crippen molar-refractivity contribution in [1.82, 2.24) is 5.32 Å². The van der Waals surface area contributed by atoms with Gasteiger partial charge in [-0.25, -0.2) is 0 Å². The Morgan fingerprint density at radius 1 is 1.16 bits per heavy atom. The molecular weight excluding hydrogens is 306 g/mol. The molecule has 0 aliphatic heterocycles. The minimum atomic E-state index is 0.605. The van der Waals surface area contributed by atoms with Gasteiger partial charge in [-0.1, -0.05) is 28.1 Å². The van der Waals surface area contributed by atoms with E-state index in [0.717, 1.165) is 30.5 Å². The topological polar surface area (TPSA) is 30.5 Å². The van der Waals surface area contributed by atoms with Crippen molar-refractivity contribution < 1.29 is 9.47 Å². The Labute approximate surface area is 124 Å². The van der Waals surface area contributed by atoms with Crippen molar-refractivity contribution in [3.05, 3.63) is 34.3 Å². The van der Waals surface area contributed by atoms with Crippen molar-refractivity contribution in [2.24, 2.45) is 5.92 Å². The second-order valence-electron chi connectivity index (χ2n) is 4.65. The standard InChI is InChI=1S/C15H24BrNO2/c1-17-12-14(7-8-19-10-9-18-2)11-13-3-5-15(16)6-4-13/h3-6,14,17H,7-12H2,1-2H3. The minimum absolute atomic E-state index is 0.605. The molecule has 19 heavy (non-hydrogen) atoms. The zero-order chi connectivity index (χ0) is 13.9. The van der Waals surface area contributed by atoms with Crippen molar-refractivity contribution in [2.75, 3.05) is 40.5 Å². The van der Waals surface area contributed by atoms with Gasteiger partial charge in [0.25, 0.3) is 0 Å². The van der Waals surface area contributed by atoms with Crippen molar-refractivity contribution in [3.63, 3.8) is 0 Å². The third-order valence-corrected chi connectivity index (χ3v) is 3.56. The van der Waals surface area contributed by atoms with E-state index in [2.05, 4.69) is 45.5 Å². The molecule has 1 aromatic rings. The Morgan fingerprint density at radius 2 is 1.89 bits per heavy atom. The predicted octanol–water partition coefficient (Wildman–Crippen LogP) is 2.88. The van der Waals surface area contributed by atoms with E-state index in [4.69, 9.17) is 9.47 Å². The number of hydrogen-bond acceptors (Lipinski definition) is 3. The fourth-order valence-corrected chi connectivity index (χ4v) is 2.28. The molecule has 1 N–H and O–H groups in total. The maximum Gasteiger partial charge on any atom is 0.0700 e. The number of rotatable bonds is 10. The lowest BCUT2D eigenvalue weighted by molar-refractivity contribution is 0.0637. The summed E-state index contributed by atoms with van der Waals surface area (Å²) in [4.78, 5) is 0. The number of halogens is 1. The summed E-state index contributed by atoms with van der Waals surface area (Å²) < 4.78 is 11.6. The molecule has 1 atom stereocenters. The van der Waals surface area contributed by atoms with E-state index in [1.54, 1.807) is 7.11 Å². The van der Waals surface area contributed by atoms with Gasteiger partial charge in [-0.2, -0.15) is 0 Å². The largest absolute Gasteiger partial charge is 0.382 e. The highest BCUT2D eigenvalue weighted by Gasteiger charge is 2.09. The van der Waals surface area contributed by atoms with Crippen LogP contribution in [0.25, 0.3) is 0 Å². The van der Waals surface area contributed by atoms with E-state index < -0.39 is 0 Å². The monoisotopic (exact) mass is 329 g/mol. The Hall–Kier alpha value is -0.420. The number of hydrogen-bond donors (Lipinski definition) is 1. The SMILES string of the molecule is CNCC(CCOCCOC)Cc1ccc(Br)cc1. The van der Waals surface area contributed by atoms with Crippen molar-refractivity contribution in [1.29, 1.82) is 0 Å². The molecule has 1 rings (SSSR count). The van der Waals surface area contributed by atoms with Crippen LogP contribution < -0.4 is 5.32 Å². The summed E-state index contributed by atoms with van der Waals surface area (Å²) in [7, 11) is 3.70. The van der Waals surface area contributed by atoms with Crippen LogP contribution in [0.5, 0.6) is 0 Å². The summed E-state index contributed by atoms with van der Waals surface area (Å²) in [5.41, 5.74) is 1.38. The first kappa shape index (κ1) is 16.6. The van der Waals surface area contributed by atoms with Gasteiger partial charge in [-0.15, -0.1) is 0 Å². The third kappa shape index (κ3) is 7.67. The van der Waals surface area contributed by atoms with Crippen LogP contribution in [-0.4, -0.2) is 40.5 Å². The molecule has 1 aromatic carbocycles. The van der Waals surface area contributed by atoms with Crippen LogP contribution in [0.4, 0.5) is 0 Å². The normalized spacial score (nSPS) is 12.6. The molecule has 0 aliphatic rings. The van der Waals surface area contributed by atoms with Crippen LogP contribution in [0.1, 0.15) is 12.0 Å². The fourth-order valence-electron chi connectivity index (χ4n) is 2.01. The average molecular weight is 330 g/mol. The highest BCUT2D eigenvalue weighted by molar-refractivity contribution is 9.10. The Kier molecular flexibility index (Phi) is 9.08. The second-order valence-corrected chi connectivity index (χ2v) is 5.56. The van der Waals surface area contributed by atoms with E-state index in [0.29, 0.717) is 19.1 Å². The highest BCUT2D eigenvalue weighted by atomic mass is 79.9. The first-order valence-corrected chi connectivity index (χ1v) is 7.51. The lowest BCUT2D eigenvalue weighted by Crippen LogP contribution is -2.22. The van der Waals surface area contributed by atoms with Crippen LogP contribution in [-0.2, 0) is 15.9 Å². The fraction of sp³-hybridized carbons (Fsp3) is 0.600. The number of benzene rings is 1. The van der Waals surface area contributed by atoms with Crippen molar-refractivity contribution in [3.8, 4) is 0 Å². The summed E-state index contributed by atoms with van der Waals surface area (Å²) in [6, 6.07) is 8.55. The zero-order valence-corrected chi connectivity index (χ0v) is 13.4. The average Bonchev–Trinajstić information content (AvgIpc) is 2.41. The zero-order valence-electron chi connectivity index (χ0n) is 11.8. The first-order chi connectivity index (χ1) is 9.26. The minimum Gasteiger partial charge on any atom is -0.382 e. The molecule has 0 heterocycles. The molecule has 0 fully saturated rings. The molecule has 0 saturated heterocycles. The summed E-state index contributed by atoms with van der Waals surface area (Å²) in [5.74, 6) is 0.605. The van der Waals surface area contributed by atoms with E-state index in [-0.39, 0.29) is 0 Å². The van der Waals surface area contributed by atoms with E-state index in [1.165, 1.54) is 5.56 Å². The molecule has 0 aliphatic carbocycles. The van der Waals surface area contributed by atoms with Crippen LogP contribution in [0.3, 0.4) is 0 Å². The lowest BCUT2D eigenvalue weighted by atomic mass is 9.96. The van der Waals surface area contributed by atoms with Gasteiger partial charge in [-0.05, 0) is 50.0 Å². The summed E-state index contributed by atoms with van der Waals surface area (Å²) in [6.07, 6.45) is 2.16. The quantitative estimate of drug-likeness (QED) is 0.669. The Morgan fingerprint density at radius 3 is 2.53 bits per heavy atom. The van der Waals surface area contributed by atoms with Crippen LogP contribution in [0.2, 0.25) is 0 Å². The molecule has 3 nitrogen and oxygen atoms in total. The second kappa shape index (κ2) is 10.4. The molecule has 0 aromatic heterocycles. The summed E-state index contributed by atoms with van der Waals surface area (Å²) in [5, 5.41) is 3.26. The Bertz CT molecular complexity index is 329. The van der Waals surface area contributed by atoms with Crippen molar-refractivity contribution >= 4 is 15.9 Å². The maximum atomic E-state index is 5.55. The smallest absolute Gasteiger partial charge is 0.0700 e. The van der Waals surface area contributed by atoms with Crippen LogP contribution >= 0.6 is 15.9 Å². The summed E-state index contributed by atoms with van der Waals surface area (Å²) in [6.45, 7) is 3.17. The number of nitrogens with one attached hydrogen (secondary N) is 1. The molecule has 4 heteroatoms. The first-order valence-electron chi connectivity index (χ1n) is 6.72. The van der Waals surface area contributed by atoms with Gasteiger partial charge in [0.05, 0.1) is 13.2 Å². The molecule has 0 saturated carbocycles. The van der Waals surface area contributed by atoms with Gasteiger partial charge >= 0.3 is 0 Å². The van der Waals surface area contributed by atoms with Crippen LogP contribution in [0.15, 0.2) is 28.7 Å². The highest BCUT2D eigenvalue weighted by Crippen LogP contribution is 2.15. The van der Waals surface area contributed by atoms with Crippen LogP contribution in [0, 0.1) is 5.92 Å². The van der Waals surface area contributed by atoms with Gasteiger partial charge in [0.15, 0.2) is 0 Å². The molecule has 108 valence electrons.